The zero-order valence-electron chi connectivity index (χ0n) is 13.9. The van der Waals surface area contributed by atoms with Crippen LogP contribution in [0.1, 0.15) is 11.1 Å². The summed E-state index contributed by atoms with van der Waals surface area (Å²) in [6, 6.07) is 6.49. The molecule has 0 aliphatic carbocycles. The zero-order valence-corrected chi connectivity index (χ0v) is 13.9. The second kappa shape index (κ2) is 7.94. The van der Waals surface area contributed by atoms with Gasteiger partial charge in [0.2, 0.25) is 0 Å². The Labute approximate surface area is 146 Å². The summed E-state index contributed by atoms with van der Waals surface area (Å²) >= 11 is 0. The van der Waals surface area contributed by atoms with Crippen molar-refractivity contribution in [3.63, 3.8) is 0 Å². The Morgan fingerprint density at radius 3 is 2.35 bits per heavy atom. The van der Waals surface area contributed by atoms with Gasteiger partial charge in [0.25, 0.3) is 0 Å². The Morgan fingerprint density at radius 2 is 1.73 bits per heavy atom. The largest absolute Gasteiger partial charge is 0.493 e. The van der Waals surface area contributed by atoms with E-state index < -0.39 is 23.6 Å². The highest BCUT2D eigenvalue weighted by molar-refractivity contribution is 5.89. The number of methoxy groups -OCH3 is 2. The number of carbonyl (C=O) groups excluding carboxylic acids is 1. The van der Waals surface area contributed by atoms with Crippen LogP contribution < -0.4 is 20.1 Å². The van der Waals surface area contributed by atoms with E-state index in [0.717, 1.165) is 6.07 Å². The number of rotatable bonds is 5. The predicted molar refractivity (Wildman–Crippen MR) is 86.8 cm³/mol. The molecule has 2 rings (SSSR count). The van der Waals surface area contributed by atoms with Gasteiger partial charge in [-0.25, -0.2) is 9.18 Å². The second-order valence-electron chi connectivity index (χ2n) is 5.19. The Hall–Kier alpha value is -2.97. The lowest BCUT2D eigenvalue weighted by molar-refractivity contribution is -0.139. The Morgan fingerprint density at radius 1 is 1.04 bits per heavy atom. The zero-order chi connectivity index (χ0) is 19.3. The molecule has 0 saturated heterocycles. The van der Waals surface area contributed by atoms with Crippen LogP contribution in [0.2, 0.25) is 0 Å². The van der Waals surface area contributed by atoms with Gasteiger partial charge in [-0.15, -0.1) is 0 Å². The number of nitrogens with one attached hydrogen (secondary N) is 2. The first-order valence-electron chi connectivity index (χ1n) is 7.37. The molecule has 26 heavy (non-hydrogen) atoms. The van der Waals surface area contributed by atoms with Crippen LogP contribution in [-0.2, 0) is 12.7 Å². The molecule has 0 unspecified atom stereocenters. The molecule has 0 fully saturated rings. The lowest BCUT2D eigenvalue weighted by Gasteiger charge is -2.12. The number of amides is 2. The van der Waals surface area contributed by atoms with E-state index >= 15 is 0 Å². The highest BCUT2D eigenvalue weighted by Crippen LogP contribution is 2.33. The highest BCUT2D eigenvalue weighted by atomic mass is 19.4. The van der Waals surface area contributed by atoms with Gasteiger partial charge in [0.1, 0.15) is 5.82 Å². The molecule has 0 aliphatic rings. The number of carbonyl (C=O) groups is 1. The molecule has 0 aliphatic heterocycles. The lowest BCUT2D eigenvalue weighted by atomic mass is 10.2. The van der Waals surface area contributed by atoms with Gasteiger partial charge in [-0.1, -0.05) is 6.07 Å². The third-order valence-electron chi connectivity index (χ3n) is 3.43. The molecular weight excluding hydrogens is 356 g/mol. The molecule has 2 aromatic carbocycles. The second-order valence-corrected chi connectivity index (χ2v) is 5.19. The van der Waals surface area contributed by atoms with Crippen LogP contribution >= 0.6 is 0 Å². The number of urea groups is 1. The van der Waals surface area contributed by atoms with E-state index in [1.165, 1.54) is 14.2 Å². The van der Waals surface area contributed by atoms with Gasteiger partial charge < -0.3 is 20.1 Å². The molecule has 2 amide bonds. The van der Waals surface area contributed by atoms with Crippen LogP contribution in [-0.4, -0.2) is 20.3 Å². The molecule has 0 atom stereocenters. The van der Waals surface area contributed by atoms with Gasteiger partial charge in [-0.2, -0.15) is 13.2 Å². The normalized spacial score (nSPS) is 11.0. The number of hydrogen-bond acceptors (Lipinski definition) is 3. The third-order valence-corrected chi connectivity index (χ3v) is 3.43. The average molecular weight is 372 g/mol. The Balaban J connectivity index is 2.01. The fourth-order valence-electron chi connectivity index (χ4n) is 2.17. The molecular formula is C17H16F4N2O3. The van der Waals surface area contributed by atoms with E-state index in [4.69, 9.17) is 9.47 Å². The minimum Gasteiger partial charge on any atom is -0.493 e. The first kappa shape index (κ1) is 19.4. The smallest absolute Gasteiger partial charge is 0.419 e. The molecule has 0 heterocycles. The van der Waals surface area contributed by atoms with E-state index in [-0.39, 0.29) is 12.2 Å². The van der Waals surface area contributed by atoms with Gasteiger partial charge in [0.05, 0.1) is 19.8 Å². The minimum absolute atomic E-state index is 0.0967. The number of ether oxygens (including phenoxy) is 2. The minimum atomic E-state index is -4.85. The lowest BCUT2D eigenvalue weighted by Crippen LogP contribution is -2.28. The Kier molecular flexibility index (Phi) is 5.91. The summed E-state index contributed by atoms with van der Waals surface area (Å²) in [7, 11) is 2.95. The van der Waals surface area contributed by atoms with E-state index in [1.54, 1.807) is 18.2 Å². The van der Waals surface area contributed by atoms with Gasteiger partial charge in [-0.05, 0) is 35.9 Å². The molecule has 0 aromatic heterocycles. The average Bonchev–Trinajstić information content (AvgIpc) is 2.60. The van der Waals surface area contributed by atoms with Crippen LogP contribution in [0.4, 0.5) is 28.0 Å². The predicted octanol–water partition coefficient (Wildman–Crippen LogP) is 4.18. The van der Waals surface area contributed by atoms with Crippen molar-refractivity contribution in [1.29, 1.82) is 0 Å². The number of benzene rings is 2. The molecule has 2 N–H and O–H groups in total. The Bertz CT molecular complexity index is 794. The molecule has 0 spiro atoms. The van der Waals surface area contributed by atoms with Gasteiger partial charge >= 0.3 is 12.2 Å². The van der Waals surface area contributed by atoms with Crippen molar-refractivity contribution in [1.82, 2.24) is 5.32 Å². The van der Waals surface area contributed by atoms with Crippen molar-refractivity contribution in [2.75, 3.05) is 19.5 Å². The van der Waals surface area contributed by atoms with Crippen molar-refractivity contribution in [2.24, 2.45) is 0 Å². The summed E-state index contributed by atoms with van der Waals surface area (Å²) in [4.78, 5) is 11.9. The maximum Gasteiger partial charge on any atom is 0.419 e. The standard InChI is InChI=1S/C17H16F4N2O3/c1-25-14-6-3-10(7-15(14)26-2)9-22-16(24)23-11-4-5-13(18)12(8-11)17(19,20)21/h3-8H,9H2,1-2H3,(H2,22,23,24). The van der Waals surface area contributed by atoms with Gasteiger partial charge in [0.15, 0.2) is 11.5 Å². The van der Waals surface area contributed by atoms with Crippen LogP contribution in [0, 0.1) is 5.82 Å². The fourth-order valence-corrected chi connectivity index (χ4v) is 2.17. The summed E-state index contributed by atoms with van der Waals surface area (Å²) in [6.45, 7) is 0.0967. The fraction of sp³-hybridized carbons (Fsp3) is 0.235. The molecule has 9 heteroatoms. The van der Waals surface area contributed by atoms with Crippen LogP contribution in [0.15, 0.2) is 36.4 Å². The first-order valence-corrected chi connectivity index (χ1v) is 7.37. The number of anilines is 1. The van der Waals surface area contributed by atoms with Gasteiger partial charge in [-0.3, -0.25) is 0 Å². The maximum atomic E-state index is 13.2. The van der Waals surface area contributed by atoms with Crippen molar-refractivity contribution in [3.05, 3.63) is 53.3 Å². The molecule has 0 radical (unpaired) electrons. The number of hydrogen-bond donors (Lipinski definition) is 2. The van der Waals surface area contributed by atoms with E-state index in [2.05, 4.69) is 10.6 Å². The van der Waals surface area contributed by atoms with Crippen molar-refractivity contribution in [2.45, 2.75) is 12.7 Å². The van der Waals surface area contributed by atoms with Gasteiger partial charge in [0, 0.05) is 12.2 Å². The number of alkyl halides is 3. The maximum absolute atomic E-state index is 13.2. The SMILES string of the molecule is COc1ccc(CNC(=O)Nc2ccc(F)c(C(F)(F)F)c2)cc1OC. The molecule has 140 valence electrons. The molecule has 2 aromatic rings. The number of halogens is 4. The highest BCUT2D eigenvalue weighted by Gasteiger charge is 2.34. The van der Waals surface area contributed by atoms with E-state index in [0.29, 0.717) is 29.2 Å². The molecule has 5 nitrogen and oxygen atoms in total. The van der Waals surface area contributed by atoms with Crippen LogP contribution in [0.5, 0.6) is 11.5 Å². The first-order chi connectivity index (χ1) is 12.2. The monoisotopic (exact) mass is 372 g/mol. The summed E-state index contributed by atoms with van der Waals surface area (Å²) < 4.78 is 61.5. The van der Waals surface area contributed by atoms with E-state index in [9.17, 15) is 22.4 Å². The molecule has 0 saturated carbocycles. The summed E-state index contributed by atoms with van der Waals surface area (Å²) in [5.74, 6) is -0.416. The van der Waals surface area contributed by atoms with Crippen LogP contribution in [0.25, 0.3) is 0 Å². The van der Waals surface area contributed by atoms with E-state index in [1.807, 2.05) is 0 Å². The summed E-state index contributed by atoms with van der Waals surface area (Å²) in [6.07, 6.45) is -4.85. The quantitative estimate of drug-likeness (QED) is 0.774. The topological polar surface area (TPSA) is 59.6 Å². The summed E-state index contributed by atoms with van der Waals surface area (Å²) in [5.41, 5.74) is -0.938. The van der Waals surface area contributed by atoms with Crippen LogP contribution in [0.3, 0.4) is 0 Å². The third kappa shape index (κ3) is 4.78. The molecule has 0 bridgehead atoms. The van der Waals surface area contributed by atoms with Crippen molar-refractivity contribution < 1.29 is 31.8 Å². The summed E-state index contributed by atoms with van der Waals surface area (Å²) in [5, 5.41) is 4.72. The van der Waals surface area contributed by atoms with Crippen molar-refractivity contribution >= 4 is 11.7 Å². The van der Waals surface area contributed by atoms with Crippen molar-refractivity contribution in [3.8, 4) is 11.5 Å².